The molecule has 2 aromatic carbocycles. The minimum Gasteiger partial charge on any atom is -0.490 e. The number of carbonyl (C=O) groups excluding carboxylic acids is 1. The summed E-state index contributed by atoms with van der Waals surface area (Å²) in [6.45, 7) is 4.69. The van der Waals surface area contributed by atoms with Crippen LogP contribution in [0.4, 0.5) is 10.1 Å². The van der Waals surface area contributed by atoms with Gasteiger partial charge in [-0.15, -0.1) is 0 Å². The lowest BCUT2D eigenvalue weighted by molar-refractivity contribution is 0.102. The summed E-state index contributed by atoms with van der Waals surface area (Å²) in [5.41, 5.74) is 0.662. The number of hydrogen-bond donors (Lipinski definition) is 1. The fourth-order valence-corrected chi connectivity index (χ4v) is 2.53. The standard InChI is InChI=1S/C18H18Cl2FNO3/c1-3-7-25-17-14(20)8-11(9-16(17)24-4-2)18(23)22-12-5-6-15(21)13(19)10-12/h5-6,8-10H,3-4,7H2,1-2H3,(H,22,23). The Hall–Kier alpha value is -1.98. The summed E-state index contributed by atoms with van der Waals surface area (Å²) in [5, 5.41) is 2.84. The van der Waals surface area contributed by atoms with Crippen molar-refractivity contribution in [3.05, 3.63) is 51.8 Å². The molecule has 0 unspecified atom stereocenters. The van der Waals surface area contributed by atoms with Crippen LogP contribution < -0.4 is 14.8 Å². The molecule has 0 aliphatic carbocycles. The van der Waals surface area contributed by atoms with Gasteiger partial charge >= 0.3 is 0 Å². The van der Waals surface area contributed by atoms with Crippen LogP contribution in [0.2, 0.25) is 10.0 Å². The average Bonchev–Trinajstić information content (AvgIpc) is 2.57. The van der Waals surface area contributed by atoms with Gasteiger partial charge in [0.1, 0.15) is 5.82 Å². The highest BCUT2D eigenvalue weighted by Gasteiger charge is 2.17. The summed E-state index contributed by atoms with van der Waals surface area (Å²) in [6.07, 6.45) is 0.815. The molecule has 0 aliphatic heterocycles. The van der Waals surface area contributed by atoms with Gasteiger partial charge < -0.3 is 14.8 Å². The molecular formula is C18H18Cl2FNO3. The molecule has 0 radical (unpaired) electrons. The van der Waals surface area contributed by atoms with Crippen LogP contribution in [-0.2, 0) is 0 Å². The Morgan fingerprint density at radius 1 is 1.12 bits per heavy atom. The van der Waals surface area contributed by atoms with Crippen molar-refractivity contribution in [2.45, 2.75) is 20.3 Å². The van der Waals surface area contributed by atoms with E-state index >= 15 is 0 Å². The van der Waals surface area contributed by atoms with Crippen LogP contribution in [0.15, 0.2) is 30.3 Å². The summed E-state index contributed by atoms with van der Waals surface area (Å²) in [7, 11) is 0. The minimum absolute atomic E-state index is 0.0749. The highest BCUT2D eigenvalue weighted by molar-refractivity contribution is 6.33. The van der Waals surface area contributed by atoms with Gasteiger partial charge in [-0.05, 0) is 43.7 Å². The quantitative estimate of drug-likeness (QED) is 0.677. The number of ether oxygens (including phenoxy) is 2. The van der Waals surface area contributed by atoms with Gasteiger partial charge in [-0.1, -0.05) is 30.1 Å². The third-order valence-corrected chi connectivity index (χ3v) is 3.77. The normalized spacial score (nSPS) is 10.4. The lowest BCUT2D eigenvalue weighted by atomic mass is 10.1. The van der Waals surface area contributed by atoms with Gasteiger partial charge in [0.2, 0.25) is 0 Å². The van der Waals surface area contributed by atoms with Gasteiger partial charge in [-0.2, -0.15) is 0 Å². The first-order valence-electron chi connectivity index (χ1n) is 7.81. The van der Waals surface area contributed by atoms with Gasteiger partial charge in [0, 0.05) is 11.3 Å². The van der Waals surface area contributed by atoms with Crippen LogP contribution in [-0.4, -0.2) is 19.1 Å². The molecule has 0 aromatic heterocycles. The molecule has 1 amide bonds. The predicted molar refractivity (Wildman–Crippen MR) is 97.8 cm³/mol. The molecule has 4 nitrogen and oxygen atoms in total. The number of amides is 1. The second-order valence-corrected chi connectivity index (χ2v) is 5.96. The SMILES string of the molecule is CCCOc1c(Cl)cc(C(=O)Nc2ccc(F)c(Cl)c2)cc1OCC. The van der Waals surface area contributed by atoms with Crippen molar-refractivity contribution in [2.24, 2.45) is 0 Å². The van der Waals surface area contributed by atoms with E-state index in [9.17, 15) is 9.18 Å². The second-order valence-electron chi connectivity index (χ2n) is 5.15. The van der Waals surface area contributed by atoms with Gasteiger partial charge in [0.15, 0.2) is 11.5 Å². The van der Waals surface area contributed by atoms with E-state index in [1.165, 1.54) is 24.3 Å². The predicted octanol–water partition coefficient (Wildman–Crippen LogP) is 5.57. The van der Waals surface area contributed by atoms with E-state index in [0.717, 1.165) is 6.42 Å². The van der Waals surface area contributed by atoms with E-state index in [1.807, 2.05) is 13.8 Å². The minimum atomic E-state index is -0.557. The van der Waals surface area contributed by atoms with Crippen molar-refractivity contribution in [3.63, 3.8) is 0 Å². The van der Waals surface area contributed by atoms with Crippen LogP contribution in [0.5, 0.6) is 11.5 Å². The van der Waals surface area contributed by atoms with Crippen LogP contribution in [0, 0.1) is 5.82 Å². The van der Waals surface area contributed by atoms with Gasteiger partial charge in [0.05, 0.1) is 23.3 Å². The number of hydrogen-bond acceptors (Lipinski definition) is 3. The largest absolute Gasteiger partial charge is 0.490 e. The maximum Gasteiger partial charge on any atom is 0.255 e. The third-order valence-electron chi connectivity index (χ3n) is 3.20. The first-order valence-corrected chi connectivity index (χ1v) is 8.57. The van der Waals surface area contributed by atoms with Gasteiger partial charge in [0.25, 0.3) is 5.91 Å². The molecule has 2 aromatic rings. The molecule has 0 aliphatic rings. The first kappa shape index (κ1) is 19.3. The third kappa shape index (κ3) is 5.00. The fraction of sp³-hybridized carbons (Fsp3) is 0.278. The van der Waals surface area contributed by atoms with Gasteiger partial charge in [-0.3, -0.25) is 4.79 Å². The molecule has 0 saturated heterocycles. The van der Waals surface area contributed by atoms with E-state index in [2.05, 4.69) is 5.32 Å². The highest BCUT2D eigenvalue weighted by atomic mass is 35.5. The Bertz CT molecular complexity index is 768. The molecule has 0 atom stereocenters. The molecule has 2 rings (SSSR count). The van der Waals surface area contributed by atoms with Crippen molar-refractivity contribution < 1.29 is 18.7 Å². The zero-order chi connectivity index (χ0) is 18.4. The van der Waals surface area contributed by atoms with Crippen molar-refractivity contribution in [3.8, 4) is 11.5 Å². The van der Waals surface area contributed by atoms with E-state index in [4.69, 9.17) is 32.7 Å². The lowest BCUT2D eigenvalue weighted by Crippen LogP contribution is -2.13. The van der Waals surface area contributed by atoms with Crippen molar-refractivity contribution in [2.75, 3.05) is 18.5 Å². The molecule has 134 valence electrons. The molecule has 0 bridgehead atoms. The van der Waals surface area contributed by atoms with Crippen molar-refractivity contribution >= 4 is 34.8 Å². The topological polar surface area (TPSA) is 47.6 Å². The van der Waals surface area contributed by atoms with E-state index in [0.29, 0.717) is 30.4 Å². The summed E-state index contributed by atoms with van der Waals surface area (Å²) < 4.78 is 24.3. The lowest BCUT2D eigenvalue weighted by Gasteiger charge is -2.15. The molecule has 25 heavy (non-hydrogen) atoms. The maximum atomic E-state index is 13.2. The van der Waals surface area contributed by atoms with Crippen LogP contribution in [0.25, 0.3) is 0 Å². The summed E-state index contributed by atoms with van der Waals surface area (Å²) in [5.74, 6) is -0.177. The number of halogens is 3. The van der Waals surface area contributed by atoms with Crippen LogP contribution in [0.1, 0.15) is 30.6 Å². The molecule has 1 N–H and O–H groups in total. The average molecular weight is 386 g/mol. The number of nitrogens with one attached hydrogen (secondary N) is 1. The molecular weight excluding hydrogens is 368 g/mol. The Morgan fingerprint density at radius 3 is 2.52 bits per heavy atom. The Balaban J connectivity index is 2.27. The molecule has 7 heteroatoms. The zero-order valence-electron chi connectivity index (χ0n) is 13.9. The summed E-state index contributed by atoms with van der Waals surface area (Å²) in [6, 6.07) is 6.98. The van der Waals surface area contributed by atoms with Crippen LogP contribution >= 0.6 is 23.2 Å². The van der Waals surface area contributed by atoms with E-state index in [-0.39, 0.29) is 15.6 Å². The summed E-state index contributed by atoms with van der Waals surface area (Å²) >= 11 is 12.0. The van der Waals surface area contributed by atoms with Crippen molar-refractivity contribution in [1.29, 1.82) is 0 Å². The Kier molecular flexibility index (Phi) is 6.91. The van der Waals surface area contributed by atoms with E-state index in [1.54, 1.807) is 6.07 Å². The number of benzene rings is 2. The Labute approximate surface area is 155 Å². The Morgan fingerprint density at radius 2 is 1.88 bits per heavy atom. The molecule has 0 spiro atoms. The monoisotopic (exact) mass is 385 g/mol. The van der Waals surface area contributed by atoms with Crippen LogP contribution in [0.3, 0.4) is 0 Å². The van der Waals surface area contributed by atoms with Gasteiger partial charge in [-0.25, -0.2) is 4.39 Å². The fourth-order valence-electron chi connectivity index (χ4n) is 2.08. The highest BCUT2D eigenvalue weighted by Crippen LogP contribution is 2.37. The number of rotatable bonds is 7. The number of carbonyl (C=O) groups is 1. The first-order chi connectivity index (χ1) is 12.0. The molecule has 0 fully saturated rings. The summed E-state index contributed by atoms with van der Waals surface area (Å²) in [4.78, 5) is 12.4. The van der Waals surface area contributed by atoms with Crippen molar-refractivity contribution in [1.82, 2.24) is 0 Å². The zero-order valence-corrected chi connectivity index (χ0v) is 15.4. The smallest absolute Gasteiger partial charge is 0.255 e. The maximum absolute atomic E-state index is 13.2. The second kappa shape index (κ2) is 8.92. The van der Waals surface area contributed by atoms with E-state index < -0.39 is 11.7 Å². The number of anilines is 1. The molecule has 0 heterocycles. The molecule has 0 saturated carbocycles.